The molecule has 0 radical (unpaired) electrons. The van der Waals surface area contributed by atoms with Crippen molar-refractivity contribution >= 4 is 0 Å². The Kier molecular flexibility index (Phi) is 3.75. The molecule has 20 heavy (non-hydrogen) atoms. The van der Waals surface area contributed by atoms with Crippen LogP contribution in [0, 0.1) is 5.82 Å². The fourth-order valence-electron chi connectivity index (χ4n) is 2.40. The molecule has 1 aromatic heterocycles. The summed E-state index contributed by atoms with van der Waals surface area (Å²) in [5, 5.41) is 13.5. The van der Waals surface area contributed by atoms with Gasteiger partial charge in [0.25, 0.3) is 0 Å². The number of benzene rings is 1. The lowest BCUT2D eigenvalue weighted by Crippen LogP contribution is -2.37. The van der Waals surface area contributed by atoms with Crippen LogP contribution < -0.4 is 0 Å². The smallest absolute Gasteiger partial charge is 0.241 e. The fraction of sp³-hybridized carbons (Fsp3) is 0.429. The third kappa shape index (κ3) is 3.02. The summed E-state index contributed by atoms with van der Waals surface area (Å²) in [7, 11) is 0. The molecule has 1 atom stereocenters. The number of aliphatic hydroxyl groups excluding tert-OH is 1. The van der Waals surface area contributed by atoms with Gasteiger partial charge in [-0.15, -0.1) is 0 Å². The molecule has 0 bridgehead atoms. The molecule has 2 heterocycles. The molecule has 6 heteroatoms. The van der Waals surface area contributed by atoms with Crippen molar-refractivity contribution in [1.29, 1.82) is 0 Å². The van der Waals surface area contributed by atoms with Crippen LogP contribution in [0.1, 0.15) is 18.7 Å². The van der Waals surface area contributed by atoms with E-state index in [2.05, 4.69) is 15.0 Å². The summed E-state index contributed by atoms with van der Waals surface area (Å²) in [6, 6.07) is 5.97. The minimum atomic E-state index is -0.292. The number of halogens is 1. The molecule has 3 rings (SSSR count). The van der Waals surface area contributed by atoms with Gasteiger partial charge in [0.15, 0.2) is 0 Å². The van der Waals surface area contributed by atoms with Gasteiger partial charge >= 0.3 is 0 Å². The van der Waals surface area contributed by atoms with Gasteiger partial charge in [-0.05, 0) is 43.7 Å². The molecule has 1 fully saturated rings. The van der Waals surface area contributed by atoms with Crippen molar-refractivity contribution in [1.82, 2.24) is 15.0 Å². The molecular formula is C14H16FN3O2. The lowest BCUT2D eigenvalue weighted by molar-refractivity contribution is 0.0613. The van der Waals surface area contributed by atoms with Crippen LogP contribution in [-0.4, -0.2) is 39.3 Å². The number of hydrogen-bond acceptors (Lipinski definition) is 5. The first-order chi connectivity index (χ1) is 9.70. The average Bonchev–Trinajstić information content (AvgIpc) is 2.88. The zero-order valence-electron chi connectivity index (χ0n) is 11.0. The van der Waals surface area contributed by atoms with E-state index in [-0.39, 0.29) is 11.9 Å². The first-order valence-corrected chi connectivity index (χ1v) is 6.69. The maximum absolute atomic E-state index is 12.9. The third-order valence-corrected chi connectivity index (χ3v) is 3.41. The van der Waals surface area contributed by atoms with Gasteiger partial charge in [-0.25, -0.2) is 4.39 Å². The Morgan fingerprint density at radius 3 is 2.90 bits per heavy atom. The SMILES string of the molecule is O[C@H]1CCCN(Cc2nc(-c3ccc(F)cc3)no2)C1. The molecule has 1 aromatic carbocycles. The molecule has 0 spiro atoms. The van der Waals surface area contributed by atoms with Crippen molar-refractivity contribution in [3.8, 4) is 11.4 Å². The lowest BCUT2D eigenvalue weighted by atomic mass is 10.1. The highest BCUT2D eigenvalue weighted by molar-refractivity contribution is 5.53. The van der Waals surface area contributed by atoms with Gasteiger partial charge in [-0.3, -0.25) is 4.90 Å². The van der Waals surface area contributed by atoms with E-state index < -0.39 is 0 Å². The average molecular weight is 277 g/mol. The Morgan fingerprint density at radius 1 is 1.35 bits per heavy atom. The van der Waals surface area contributed by atoms with E-state index in [0.717, 1.165) is 24.9 Å². The number of β-amino-alcohol motifs (C(OH)–C–C–N with tert-alkyl or cyclic N) is 1. The Morgan fingerprint density at radius 2 is 2.15 bits per heavy atom. The maximum atomic E-state index is 12.9. The van der Waals surface area contributed by atoms with Crippen molar-refractivity contribution < 1.29 is 14.0 Å². The van der Waals surface area contributed by atoms with Crippen LogP contribution in [0.25, 0.3) is 11.4 Å². The molecule has 2 aromatic rings. The molecule has 1 N–H and O–H groups in total. The second-order valence-electron chi connectivity index (χ2n) is 5.05. The van der Waals surface area contributed by atoms with Crippen LogP contribution in [0.4, 0.5) is 4.39 Å². The van der Waals surface area contributed by atoms with Crippen LogP contribution >= 0.6 is 0 Å². The molecule has 5 nitrogen and oxygen atoms in total. The van der Waals surface area contributed by atoms with Gasteiger partial charge in [0.2, 0.25) is 11.7 Å². The van der Waals surface area contributed by atoms with Gasteiger partial charge in [0.05, 0.1) is 12.6 Å². The van der Waals surface area contributed by atoms with Crippen LogP contribution in [0.15, 0.2) is 28.8 Å². The summed E-state index contributed by atoms with van der Waals surface area (Å²) in [5.74, 6) is 0.677. The van der Waals surface area contributed by atoms with Crippen LogP contribution in [-0.2, 0) is 6.54 Å². The summed E-state index contributed by atoms with van der Waals surface area (Å²) in [5.41, 5.74) is 0.722. The zero-order chi connectivity index (χ0) is 13.9. The number of nitrogens with zero attached hydrogens (tertiary/aromatic N) is 3. The largest absolute Gasteiger partial charge is 0.392 e. The summed E-state index contributed by atoms with van der Waals surface area (Å²) in [6.45, 7) is 2.09. The van der Waals surface area contributed by atoms with E-state index in [4.69, 9.17) is 4.52 Å². The summed E-state index contributed by atoms with van der Waals surface area (Å²) in [4.78, 5) is 6.40. The first-order valence-electron chi connectivity index (χ1n) is 6.69. The highest BCUT2D eigenvalue weighted by Gasteiger charge is 2.20. The topological polar surface area (TPSA) is 62.4 Å². The monoisotopic (exact) mass is 277 g/mol. The molecular weight excluding hydrogens is 261 g/mol. The van der Waals surface area contributed by atoms with E-state index >= 15 is 0 Å². The zero-order valence-corrected chi connectivity index (χ0v) is 11.0. The van der Waals surface area contributed by atoms with E-state index in [1.54, 1.807) is 12.1 Å². The molecule has 0 aliphatic carbocycles. The van der Waals surface area contributed by atoms with Crippen molar-refractivity contribution in [2.24, 2.45) is 0 Å². The minimum Gasteiger partial charge on any atom is -0.392 e. The second-order valence-corrected chi connectivity index (χ2v) is 5.05. The van der Waals surface area contributed by atoms with Gasteiger partial charge in [-0.1, -0.05) is 5.16 Å². The number of aliphatic hydroxyl groups is 1. The minimum absolute atomic E-state index is 0.275. The second kappa shape index (κ2) is 5.68. The third-order valence-electron chi connectivity index (χ3n) is 3.41. The molecule has 1 aliphatic rings. The van der Waals surface area contributed by atoms with Crippen LogP contribution in [0.2, 0.25) is 0 Å². The maximum Gasteiger partial charge on any atom is 0.241 e. The lowest BCUT2D eigenvalue weighted by Gasteiger charge is -2.28. The summed E-state index contributed by atoms with van der Waals surface area (Å²) < 4.78 is 18.1. The van der Waals surface area contributed by atoms with Gasteiger partial charge in [0.1, 0.15) is 5.82 Å². The predicted octanol–water partition coefficient (Wildman–Crippen LogP) is 1.83. The van der Waals surface area contributed by atoms with Crippen molar-refractivity contribution in [3.05, 3.63) is 36.0 Å². The van der Waals surface area contributed by atoms with Crippen LogP contribution in [0.3, 0.4) is 0 Å². The molecule has 1 aliphatic heterocycles. The predicted molar refractivity (Wildman–Crippen MR) is 70.2 cm³/mol. The molecule has 0 amide bonds. The van der Waals surface area contributed by atoms with Crippen molar-refractivity contribution in [3.63, 3.8) is 0 Å². The van der Waals surface area contributed by atoms with Gasteiger partial charge < -0.3 is 9.63 Å². The van der Waals surface area contributed by atoms with Crippen LogP contribution in [0.5, 0.6) is 0 Å². The Labute approximate surface area is 116 Å². The van der Waals surface area contributed by atoms with Crippen molar-refractivity contribution in [2.75, 3.05) is 13.1 Å². The molecule has 0 unspecified atom stereocenters. The van der Waals surface area contributed by atoms with Crippen molar-refractivity contribution in [2.45, 2.75) is 25.5 Å². The number of piperidine rings is 1. The molecule has 1 saturated heterocycles. The Balaban J connectivity index is 1.69. The summed E-state index contributed by atoms with van der Waals surface area (Å²) in [6.07, 6.45) is 1.55. The molecule has 0 saturated carbocycles. The van der Waals surface area contributed by atoms with E-state index in [1.165, 1.54) is 12.1 Å². The quantitative estimate of drug-likeness (QED) is 0.927. The number of likely N-dealkylation sites (tertiary alicyclic amines) is 1. The first kappa shape index (κ1) is 13.2. The Hall–Kier alpha value is -1.79. The number of hydrogen-bond donors (Lipinski definition) is 1. The van der Waals surface area contributed by atoms with E-state index in [9.17, 15) is 9.50 Å². The van der Waals surface area contributed by atoms with Gasteiger partial charge in [-0.2, -0.15) is 4.98 Å². The normalized spacial score (nSPS) is 20.2. The fourth-order valence-corrected chi connectivity index (χ4v) is 2.40. The standard InChI is InChI=1S/C14H16FN3O2/c15-11-5-3-10(4-6-11)14-16-13(20-17-14)9-18-7-1-2-12(19)8-18/h3-6,12,19H,1-2,7-9H2/t12-/m0/s1. The summed E-state index contributed by atoms with van der Waals surface area (Å²) >= 11 is 0. The number of aromatic nitrogens is 2. The van der Waals surface area contributed by atoms with E-state index in [1.807, 2.05) is 0 Å². The Bertz CT molecular complexity index is 570. The molecule has 106 valence electrons. The highest BCUT2D eigenvalue weighted by Crippen LogP contribution is 2.18. The van der Waals surface area contributed by atoms with Gasteiger partial charge in [0, 0.05) is 12.1 Å². The number of rotatable bonds is 3. The highest BCUT2D eigenvalue weighted by atomic mass is 19.1. The van der Waals surface area contributed by atoms with E-state index in [0.29, 0.717) is 24.8 Å².